The zero-order valence-electron chi connectivity index (χ0n) is 11.1. The van der Waals surface area contributed by atoms with Crippen LogP contribution in [0.3, 0.4) is 0 Å². The van der Waals surface area contributed by atoms with Gasteiger partial charge in [0.25, 0.3) is 0 Å². The molecule has 1 aromatic carbocycles. The van der Waals surface area contributed by atoms with Crippen molar-refractivity contribution >= 4 is 18.1 Å². The third kappa shape index (κ3) is 4.16. The van der Waals surface area contributed by atoms with Gasteiger partial charge >= 0.3 is 0 Å². The molecule has 0 unspecified atom stereocenters. The topological polar surface area (TPSA) is 32.5 Å². The van der Waals surface area contributed by atoms with Gasteiger partial charge < -0.3 is 10.6 Å². The molecule has 102 valence electrons. The Bertz CT molecular complexity index is 349. The molecule has 0 amide bonds. The highest BCUT2D eigenvalue weighted by atomic mass is 35.5. The summed E-state index contributed by atoms with van der Waals surface area (Å²) in [4.78, 5) is 5.04. The van der Waals surface area contributed by atoms with Crippen molar-refractivity contribution in [2.24, 2.45) is 0 Å². The van der Waals surface area contributed by atoms with E-state index < -0.39 is 0 Å². The highest BCUT2D eigenvalue weighted by molar-refractivity contribution is 5.85. The number of para-hydroxylation sites is 1. The molecule has 0 spiro atoms. The van der Waals surface area contributed by atoms with Crippen molar-refractivity contribution in [2.75, 3.05) is 38.5 Å². The summed E-state index contributed by atoms with van der Waals surface area (Å²) in [6, 6.07) is 8.19. The number of halogens is 1. The van der Waals surface area contributed by atoms with Crippen LogP contribution < -0.4 is 5.73 Å². The molecule has 1 aliphatic rings. The van der Waals surface area contributed by atoms with Gasteiger partial charge in [0, 0.05) is 38.4 Å². The van der Waals surface area contributed by atoms with Crippen LogP contribution in [-0.2, 0) is 6.54 Å². The molecule has 0 aliphatic carbocycles. The number of benzene rings is 1. The largest absolute Gasteiger partial charge is 0.398 e. The van der Waals surface area contributed by atoms with Gasteiger partial charge in [0.2, 0.25) is 0 Å². The number of nitrogens with zero attached hydrogens (tertiary/aromatic N) is 2. The summed E-state index contributed by atoms with van der Waals surface area (Å²) in [5.41, 5.74) is 8.16. The number of nitrogens with two attached hydrogens (primary N) is 1. The van der Waals surface area contributed by atoms with Crippen LogP contribution in [0.5, 0.6) is 0 Å². The molecular weight excluding hydrogens is 246 g/mol. The minimum atomic E-state index is 0. The second-order valence-corrected chi connectivity index (χ2v) is 4.82. The average Bonchev–Trinajstić information content (AvgIpc) is 2.35. The first-order valence-electron chi connectivity index (χ1n) is 6.57. The first kappa shape index (κ1) is 15.3. The Kier molecular flexibility index (Phi) is 6.47. The van der Waals surface area contributed by atoms with E-state index in [2.05, 4.69) is 28.9 Å². The summed E-state index contributed by atoms with van der Waals surface area (Å²) in [5.74, 6) is 0. The van der Waals surface area contributed by atoms with E-state index in [9.17, 15) is 0 Å². The summed E-state index contributed by atoms with van der Waals surface area (Å²) >= 11 is 0. The molecule has 0 radical (unpaired) electrons. The Hall–Kier alpha value is -0.770. The molecule has 3 nitrogen and oxygen atoms in total. The monoisotopic (exact) mass is 269 g/mol. The van der Waals surface area contributed by atoms with E-state index in [1.165, 1.54) is 31.6 Å². The summed E-state index contributed by atoms with van der Waals surface area (Å²) in [6.07, 6.45) is 1.26. The highest BCUT2D eigenvalue weighted by Gasteiger charge is 2.16. The van der Waals surface area contributed by atoms with Gasteiger partial charge in [-0.15, -0.1) is 12.4 Å². The molecule has 0 saturated carbocycles. The number of hydrogen-bond acceptors (Lipinski definition) is 3. The minimum Gasteiger partial charge on any atom is -0.398 e. The summed E-state index contributed by atoms with van der Waals surface area (Å²) in [7, 11) is 0. The van der Waals surface area contributed by atoms with Crippen molar-refractivity contribution < 1.29 is 0 Å². The van der Waals surface area contributed by atoms with Crippen molar-refractivity contribution in [3.63, 3.8) is 0 Å². The van der Waals surface area contributed by atoms with E-state index in [-0.39, 0.29) is 12.4 Å². The molecule has 2 rings (SSSR count). The van der Waals surface area contributed by atoms with Crippen molar-refractivity contribution in [3.8, 4) is 0 Å². The fourth-order valence-corrected chi connectivity index (χ4v) is 2.41. The minimum absolute atomic E-state index is 0. The van der Waals surface area contributed by atoms with Gasteiger partial charge in [0.15, 0.2) is 0 Å². The average molecular weight is 270 g/mol. The fraction of sp³-hybridized carbons (Fsp3) is 0.571. The zero-order chi connectivity index (χ0) is 12.1. The summed E-state index contributed by atoms with van der Waals surface area (Å²) < 4.78 is 0. The van der Waals surface area contributed by atoms with Crippen molar-refractivity contribution in [1.29, 1.82) is 0 Å². The number of nitrogen functional groups attached to an aromatic ring is 1. The summed E-state index contributed by atoms with van der Waals surface area (Å²) in [6.45, 7) is 9.19. The maximum absolute atomic E-state index is 5.98. The third-order valence-corrected chi connectivity index (χ3v) is 3.45. The second kappa shape index (κ2) is 7.62. The maximum Gasteiger partial charge on any atom is 0.0359 e. The van der Waals surface area contributed by atoms with Crippen LogP contribution in [0.2, 0.25) is 0 Å². The molecule has 1 saturated heterocycles. The highest BCUT2D eigenvalue weighted by Crippen LogP contribution is 2.14. The molecule has 0 aromatic heterocycles. The van der Waals surface area contributed by atoms with Crippen LogP contribution >= 0.6 is 12.4 Å². The number of anilines is 1. The van der Waals surface area contributed by atoms with Gasteiger partial charge in [-0.25, -0.2) is 0 Å². The lowest BCUT2D eigenvalue weighted by Gasteiger charge is -2.34. The molecule has 1 aromatic rings. The predicted octanol–water partition coefficient (Wildman–Crippen LogP) is 2.22. The Morgan fingerprint density at radius 1 is 1.06 bits per heavy atom. The first-order valence-corrected chi connectivity index (χ1v) is 6.57. The van der Waals surface area contributed by atoms with E-state index >= 15 is 0 Å². The Labute approximate surface area is 116 Å². The van der Waals surface area contributed by atoms with Crippen LogP contribution in [0.15, 0.2) is 24.3 Å². The van der Waals surface area contributed by atoms with E-state index in [0.717, 1.165) is 25.3 Å². The van der Waals surface area contributed by atoms with E-state index in [4.69, 9.17) is 5.73 Å². The normalized spacial score (nSPS) is 17.4. The number of rotatable bonds is 4. The van der Waals surface area contributed by atoms with Crippen molar-refractivity contribution in [1.82, 2.24) is 9.80 Å². The molecule has 18 heavy (non-hydrogen) atoms. The SMILES string of the molecule is CCCN1CCN(Cc2ccccc2N)CC1.Cl. The van der Waals surface area contributed by atoms with Gasteiger partial charge in [-0.05, 0) is 24.6 Å². The van der Waals surface area contributed by atoms with Gasteiger partial charge in [-0.3, -0.25) is 4.90 Å². The van der Waals surface area contributed by atoms with Gasteiger partial charge in [0.05, 0.1) is 0 Å². The molecule has 1 heterocycles. The first-order chi connectivity index (χ1) is 8.29. The van der Waals surface area contributed by atoms with Gasteiger partial charge in [-0.2, -0.15) is 0 Å². The Morgan fingerprint density at radius 3 is 2.28 bits per heavy atom. The molecule has 1 aliphatic heterocycles. The molecular formula is C14H24ClN3. The zero-order valence-corrected chi connectivity index (χ0v) is 12.0. The number of hydrogen-bond donors (Lipinski definition) is 1. The van der Waals surface area contributed by atoms with E-state index in [1.807, 2.05) is 12.1 Å². The van der Waals surface area contributed by atoms with Crippen molar-refractivity contribution in [3.05, 3.63) is 29.8 Å². The molecule has 0 bridgehead atoms. The quantitative estimate of drug-likeness (QED) is 0.851. The third-order valence-electron chi connectivity index (χ3n) is 3.45. The predicted molar refractivity (Wildman–Crippen MR) is 80.1 cm³/mol. The van der Waals surface area contributed by atoms with Crippen LogP contribution in [0.25, 0.3) is 0 Å². The molecule has 4 heteroatoms. The second-order valence-electron chi connectivity index (χ2n) is 4.82. The Balaban J connectivity index is 0.00000162. The lowest BCUT2D eigenvalue weighted by atomic mass is 10.1. The van der Waals surface area contributed by atoms with Crippen LogP contribution in [0.1, 0.15) is 18.9 Å². The maximum atomic E-state index is 5.98. The Morgan fingerprint density at radius 2 is 1.67 bits per heavy atom. The lowest BCUT2D eigenvalue weighted by Crippen LogP contribution is -2.46. The van der Waals surface area contributed by atoms with Crippen LogP contribution in [-0.4, -0.2) is 42.5 Å². The fourth-order valence-electron chi connectivity index (χ4n) is 2.41. The number of piperazine rings is 1. The van der Waals surface area contributed by atoms with Gasteiger partial charge in [-0.1, -0.05) is 25.1 Å². The standard InChI is InChI=1S/C14H23N3.ClH/c1-2-7-16-8-10-17(11-9-16)12-13-5-3-4-6-14(13)15;/h3-6H,2,7-12,15H2,1H3;1H. The molecule has 2 N–H and O–H groups in total. The van der Waals surface area contributed by atoms with Crippen LogP contribution in [0, 0.1) is 0 Å². The van der Waals surface area contributed by atoms with E-state index in [1.54, 1.807) is 0 Å². The van der Waals surface area contributed by atoms with E-state index in [0.29, 0.717) is 0 Å². The van der Waals surface area contributed by atoms with Crippen LogP contribution in [0.4, 0.5) is 5.69 Å². The molecule has 1 fully saturated rings. The summed E-state index contributed by atoms with van der Waals surface area (Å²) in [5, 5.41) is 0. The lowest BCUT2D eigenvalue weighted by molar-refractivity contribution is 0.127. The molecule has 0 atom stereocenters. The smallest absolute Gasteiger partial charge is 0.0359 e. The van der Waals surface area contributed by atoms with Crippen molar-refractivity contribution in [2.45, 2.75) is 19.9 Å². The van der Waals surface area contributed by atoms with Gasteiger partial charge in [0.1, 0.15) is 0 Å².